The molecule has 1 saturated heterocycles. The van der Waals surface area contributed by atoms with Crippen LogP contribution in [0.4, 0.5) is 5.69 Å². The predicted octanol–water partition coefficient (Wildman–Crippen LogP) is 3.46. The van der Waals surface area contributed by atoms with Crippen LogP contribution in [-0.4, -0.2) is 47.0 Å². The molecule has 7 nitrogen and oxygen atoms in total. The Morgan fingerprint density at radius 3 is 2.61 bits per heavy atom. The van der Waals surface area contributed by atoms with Crippen LogP contribution < -0.4 is 0 Å². The summed E-state index contributed by atoms with van der Waals surface area (Å²) in [4.78, 5) is 29.2. The molecule has 1 aliphatic heterocycles. The van der Waals surface area contributed by atoms with Crippen LogP contribution in [0.2, 0.25) is 0 Å². The molecule has 0 unspecified atom stereocenters. The Morgan fingerprint density at radius 1 is 1.11 bits per heavy atom. The summed E-state index contributed by atoms with van der Waals surface area (Å²) in [6.07, 6.45) is 2.03. The third-order valence-electron chi connectivity index (χ3n) is 5.25. The Labute approximate surface area is 162 Å². The van der Waals surface area contributed by atoms with Crippen molar-refractivity contribution >= 4 is 22.5 Å². The number of nitro groups is 1. The minimum Gasteiger partial charge on any atom is -0.378 e. The molecule has 0 saturated carbocycles. The molecular weight excluding hydrogens is 358 g/mol. The molecule has 0 radical (unpaired) electrons. The Hall–Kier alpha value is -3.19. The van der Waals surface area contributed by atoms with E-state index in [2.05, 4.69) is 4.98 Å². The number of amides is 1. The van der Waals surface area contributed by atoms with Gasteiger partial charge in [0.05, 0.1) is 18.1 Å². The summed E-state index contributed by atoms with van der Waals surface area (Å²) in [6.45, 7) is 2.15. The van der Waals surface area contributed by atoms with Gasteiger partial charge in [0.15, 0.2) is 0 Å². The van der Waals surface area contributed by atoms with Crippen LogP contribution in [0.3, 0.4) is 0 Å². The van der Waals surface area contributed by atoms with Crippen LogP contribution in [0.15, 0.2) is 54.7 Å². The fourth-order valence-corrected chi connectivity index (χ4v) is 3.83. The van der Waals surface area contributed by atoms with E-state index in [1.807, 2.05) is 30.5 Å². The highest BCUT2D eigenvalue weighted by molar-refractivity contribution is 5.86. The first kappa shape index (κ1) is 18.2. The molecule has 7 heteroatoms. The van der Waals surface area contributed by atoms with Crippen LogP contribution in [0, 0.1) is 10.1 Å². The van der Waals surface area contributed by atoms with Crippen LogP contribution >= 0.6 is 0 Å². The van der Waals surface area contributed by atoms with Gasteiger partial charge in [-0.1, -0.05) is 36.4 Å². The maximum absolute atomic E-state index is 13.0. The van der Waals surface area contributed by atoms with Gasteiger partial charge in [0.1, 0.15) is 0 Å². The number of aromatic amines is 1. The molecule has 0 aliphatic carbocycles. The zero-order valence-electron chi connectivity index (χ0n) is 15.3. The summed E-state index contributed by atoms with van der Waals surface area (Å²) in [5.74, 6) is -0.426. The summed E-state index contributed by atoms with van der Waals surface area (Å²) < 4.78 is 5.33. The van der Waals surface area contributed by atoms with Gasteiger partial charge >= 0.3 is 0 Å². The number of aromatic nitrogens is 1. The van der Waals surface area contributed by atoms with Crippen LogP contribution in [0.25, 0.3) is 10.9 Å². The van der Waals surface area contributed by atoms with E-state index < -0.39 is 5.92 Å². The number of para-hydroxylation sites is 2. The van der Waals surface area contributed by atoms with Crippen LogP contribution in [0.1, 0.15) is 23.5 Å². The van der Waals surface area contributed by atoms with Gasteiger partial charge in [-0.2, -0.15) is 0 Å². The maximum Gasteiger partial charge on any atom is 0.273 e. The molecule has 4 rings (SSSR count). The molecule has 1 fully saturated rings. The molecule has 1 aliphatic rings. The lowest BCUT2D eigenvalue weighted by molar-refractivity contribution is -0.385. The number of nitro benzene ring substituents is 1. The number of H-pyrrole nitrogens is 1. The lowest BCUT2D eigenvalue weighted by Gasteiger charge is -2.28. The van der Waals surface area contributed by atoms with Crippen LogP contribution in [0.5, 0.6) is 0 Å². The Bertz CT molecular complexity index is 1010. The minimum absolute atomic E-state index is 0.0169. The standard InChI is InChI=1S/C21H21N3O4/c25-21(23-9-11-28-12-10-23)13-17(16-6-2-4-8-20(16)24(26)27)18-14-22-19-7-3-1-5-15(18)19/h1-8,14,17,22H,9-13H2/t17-/m1/s1. The minimum atomic E-state index is -0.409. The van der Waals surface area contributed by atoms with Crippen molar-refractivity contribution in [3.63, 3.8) is 0 Å². The SMILES string of the molecule is O=C(C[C@H](c1ccccc1[N+](=O)[O-])c1c[nH]c2ccccc12)N1CCOCC1. The fraction of sp³-hybridized carbons (Fsp3) is 0.286. The number of carbonyl (C=O) groups excluding carboxylic acids is 1. The number of benzene rings is 2. The van der Waals surface area contributed by atoms with E-state index in [1.54, 1.807) is 23.1 Å². The molecule has 0 bridgehead atoms. The van der Waals surface area contributed by atoms with Gasteiger partial charge in [-0.25, -0.2) is 0 Å². The Kier molecular flexibility index (Phi) is 5.08. The number of fused-ring (bicyclic) bond motifs is 1. The van der Waals surface area contributed by atoms with Gasteiger partial charge in [-0.15, -0.1) is 0 Å². The van der Waals surface area contributed by atoms with Crippen molar-refractivity contribution in [2.45, 2.75) is 12.3 Å². The highest BCUT2D eigenvalue weighted by atomic mass is 16.6. The van der Waals surface area contributed by atoms with Gasteiger partial charge in [-0.05, 0) is 11.6 Å². The van der Waals surface area contributed by atoms with E-state index in [9.17, 15) is 14.9 Å². The van der Waals surface area contributed by atoms with Crippen molar-refractivity contribution in [3.05, 3.63) is 76.0 Å². The first-order valence-corrected chi connectivity index (χ1v) is 9.30. The fourth-order valence-electron chi connectivity index (χ4n) is 3.83. The van der Waals surface area contributed by atoms with E-state index >= 15 is 0 Å². The molecule has 1 amide bonds. The van der Waals surface area contributed by atoms with Gasteiger partial charge in [0, 0.05) is 54.2 Å². The number of carbonyl (C=O) groups is 1. The largest absolute Gasteiger partial charge is 0.378 e. The second-order valence-electron chi connectivity index (χ2n) is 6.86. The number of morpholine rings is 1. The van der Waals surface area contributed by atoms with Crippen molar-refractivity contribution in [3.8, 4) is 0 Å². The Morgan fingerprint density at radius 2 is 1.82 bits per heavy atom. The van der Waals surface area contributed by atoms with Gasteiger partial charge in [0.2, 0.25) is 5.91 Å². The average Bonchev–Trinajstić information content (AvgIpc) is 3.16. The summed E-state index contributed by atoms with van der Waals surface area (Å²) >= 11 is 0. The van der Waals surface area contributed by atoms with Gasteiger partial charge in [0.25, 0.3) is 5.69 Å². The molecule has 1 N–H and O–H groups in total. The highest BCUT2D eigenvalue weighted by Crippen LogP contribution is 2.38. The highest BCUT2D eigenvalue weighted by Gasteiger charge is 2.29. The molecule has 144 valence electrons. The molecule has 28 heavy (non-hydrogen) atoms. The summed E-state index contributed by atoms with van der Waals surface area (Å²) in [5.41, 5.74) is 2.43. The van der Waals surface area contributed by atoms with Gasteiger partial charge < -0.3 is 14.6 Å². The quantitative estimate of drug-likeness (QED) is 0.543. The molecule has 2 heterocycles. The number of nitrogens with one attached hydrogen (secondary N) is 1. The molecular formula is C21H21N3O4. The third-order valence-corrected chi connectivity index (χ3v) is 5.25. The summed E-state index contributed by atoms with van der Waals surface area (Å²) in [7, 11) is 0. The molecule has 1 atom stereocenters. The molecule has 3 aromatic rings. The third kappa shape index (κ3) is 3.48. The topological polar surface area (TPSA) is 88.5 Å². The number of nitrogens with zero attached hydrogens (tertiary/aromatic N) is 2. The summed E-state index contributed by atoms with van der Waals surface area (Å²) in [6, 6.07) is 14.5. The zero-order valence-corrected chi connectivity index (χ0v) is 15.3. The second kappa shape index (κ2) is 7.82. The predicted molar refractivity (Wildman–Crippen MR) is 105 cm³/mol. The lowest BCUT2D eigenvalue weighted by atomic mass is 9.86. The number of hydrogen-bond donors (Lipinski definition) is 1. The smallest absolute Gasteiger partial charge is 0.273 e. The zero-order chi connectivity index (χ0) is 19.5. The normalized spacial score (nSPS) is 15.5. The van der Waals surface area contributed by atoms with E-state index in [0.717, 1.165) is 16.5 Å². The van der Waals surface area contributed by atoms with Crippen molar-refractivity contribution in [1.82, 2.24) is 9.88 Å². The van der Waals surface area contributed by atoms with Crippen molar-refractivity contribution in [1.29, 1.82) is 0 Å². The van der Waals surface area contributed by atoms with E-state index in [0.29, 0.717) is 31.9 Å². The molecule has 2 aromatic carbocycles. The van der Waals surface area contributed by atoms with Crippen LogP contribution in [-0.2, 0) is 9.53 Å². The maximum atomic E-state index is 13.0. The van der Waals surface area contributed by atoms with Crippen molar-refractivity contribution < 1.29 is 14.5 Å². The molecule has 0 spiro atoms. The number of ether oxygens (including phenoxy) is 1. The average molecular weight is 379 g/mol. The monoisotopic (exact) mass is 379 g/mol. The molecule has 1 aromatic heterocycles. The van der Waals surface area contributed by atoms with E-state index in [1.165, 1.54) is 6.07 Å². The lowest BCUT2D eigenvalue weighted by Crippen LogP contribution is -2.41. The first-order valence-electron chi connectivity index (χ1n) is 9.30. The summed E-state index contributed by atoms with van der Waals surface area (Å²) in [5, 5.41) is 12.6. The van der Waals surface area contributed by atoms with E-state index in [-0.39, 0.29) is 22.9 Å². The first-order chi connectivity index (χ1) is 13.6. The Balaban J connectivity index is 1.77. The number of rotatable bonds is 5. The van der Waals surface area contributed by atoms with Crippen molar-refractivity contribution in [2.75, 3.05) is 26.3 Å². The number of hydrogen-bond acceptors (Lipinski definition) is 4. The van der Waals surface area contributed by atoms with Gasteiger partial charge in [-0.3, -0.25) is 14.9 Å². The van der Waals surface area contributed by atoms with E-state index in [4.69, 9.17) is 4.74 Å². The van der Waals surface area contributed by atoms with Crippen molar-refractivity contribution in [2.24, 2.45) is 0 Å². The second-order valence-corrected chi connectivity index (χ2v) is 6.86.